The minimum Gasteiger partial charge on any atom is -0.479 e. The number of carboxylic acid groups (broad SMARTS) is 1. The van der Waals surface area contributed by atoms with E-state index in [1.807, 2.05) is 0 Å². The van der Waals surface area contributed by atoms with Gasteiger partial charge >= 0.3 is 5.97 Å². The van der Waals surface area contributed by atoms with Gasteiger partial charge in [0, 0.05) is 13.7 Å². The highest BCUT2D eigenvalue weighted by atomic mass is 35.5. The zero-order valence-electron chi connectivity index (χ0n) is 20.6. The molecular weight excluding hydrogens is 484 g/mol. The van der Waals surface area contributed by atoms with Crippen molar-refractivity contribution in [3.05, 3.63) is 0 Å². The Bertz CT molecular complexity index is 821. The number of hydrogen-bond acceptors (Lipinski definition) is 7. The molecule has 1 saturated heterocycles. The van der Waals surface area contributed by atoms with Gasteiger partial charge in [-0.1, -0.05) is 13.8 Å². The van der Waals surface area contributed by atoms with Crippen molar-refractivity contribution in [1.82, 2.24) is 20.9 Å². The highest BCUT2D eigenvalue weighted by molar-refractivity contribution is 6.28. The van der Waals surface area contributed by atoms with E-state index in [1.54, 1.807) is 13.8 Å². The van der Waals surface area contributed by atoms with Crippen LogP contribution < -0.4 is 16.0 Å². The van der Waals surface area contributed by atoms with E-state index < -0.39 is 66.3 Å². The summed E-state index contributed by atoms with van der Waals surface area (Å²) in [6.07, 6.45) is -0.836. The van der Waals surface area contributed by atoms with E-state index in [9.17, 15) is 28.8 Å². The molecule has 4 N–H and O–H groups in total. The molecule has 0 aliphatic carbocycles. The summed E-state index contributed by atoms with van der Waals surface area (Å²) in [7, 11) is 1.15. The van der Waals surface area contributed by atoms with E-state index in [4.69, 9.17) is 21.4 Å². The molecule has 1 unspecified atom stereocenters. The van der Waals surface area contributed by atoms with Crippen LogP contribution in [0.4, 0.5) is 0 Å². The maximum absolute atomic E-state index is 13.0. The molecule has 1 rings (SSSR count). The van der Waals surface area contributed by atoms with Crippen LogP contribution >= 0.6 is 11.6 Å². The molecule has 0 radical (unpaired) electrons. The number of carboxylic acids is 1. The number of aliphatic carboxylic acids is 1. The SMILES string of the molecule is COC(CC(=O)N[C@@H](C)C(=O)N[C@@H](C)C(=O)N1CCC[C@H]1C(=O)N[C@H](C(=O)CCl)C(C)C)C(=O)O. The van der Waals surface area contributed by atoms with Gasteiger partial charge in [-0.2, -0.15) is 0 Å². The quantitative estimate of drug-likeness (QED) is 0.235. The molecule has 35 heavy (non-hydrogen) atoms. The van der Waals surface area contributed by atoms with Gasteiger partial charge in [0.15, 0.2) is 11.9 Å². The lowest BCUT2D eigenvalue weighted by Crippen LogP contribution is -2.57. The molecule has 5 atom stereocenters. The van der Waals surface area contributed by atoms with Gasteiger partial charge in [0.1, 0.15) is 18.1 Å². The monoisotopic (exact) mass is 518 g/mol. The van der Waals surface area contributed by atoms with E-state index in [0.717, 1.165) is 7.11 Å². The predicted molar refractivity (Wildman–Crippen MR) is 125 cm³/mol. The van der Waals surface area contributed by atoms with Gasteiger partial charge in [-0.25, -0.2) is 4.79 Å². The highest BCUT2D eigenvalue weighted by Gasteiger charge is 2.38. The Labute approximate surface area is 209 Å². The van der Waals surface area contributed by atoms with Crippen molar-refractivity contribution in [3.63, 3.8) is 0 Å². The van der Waals surface area contributed by atoms with Gasteiger partial charge < -0.3 is 30.7 Å². The van der Waals surface area contributed by atoms with E-state index in [-0.39, 0.29) is 17.6 Å². The molecule has 13 heteroatoms. The fourth-order valence-electron chi connectivity index (χ4n) is 3.71. The molecule has 4 amide bonds. The van der Waals surface area contributed by atoms with Crippen molar-refractivity contribution in [1.29, 1.82) is 0 Å². The van der Waals surface area contributed by atoms with Crippen molar-refractivity contribution in [2.75, 3.05) is 19.5 Å². The Morgan fingerprint density at radius 1 is 1.03 bits per heavy atom. The Balaban J connectivity index is 2.72. The van der Waals surface area contributed by atoms with Crippen molar-refractivity contribution >= 4 is 47.0 Å². The third-order valence-corrected chi connectivity index (χ3v) is 5.98. The van der Waals surface area contributed by atoms with Crippen LogP contribution in [0.1, 0.15) is 47.0 Å². The van der Waals surface area contributed by atoms with Gasteiger partial charge in [-0.3, -0.25) is 24.0 Å². The second kappa shape index (κ2) is 14.0. The third kappa shape index (κ3) is 8.77. The average Bonchev–Trinajstić information content (AvgIpc) is 3.29. The second-order valence-electron chi connectivity index (χ2n) is 8.81. The zero-order chi connectivity index (χ0) is 26.9. The number of rotatable bonds is 13. The lowest BCUT2D eigenvalue weighted by molar-refractivity contribution is -0.151. The normalized spacial score (nSPS) is 18.8. The first-order valence-electron chi connectivity index (χ1n) is 11.4. The Kier molecular flexibility index (Phi) is 12.1. The smallest absolute Gasteiger partial charge is 0.333 e. The summed E-state index contributed by atoms with van der Waals surface area (Å²) >= 11 is 5.64. The number of carbonyl (C=O) groups is 6. The third-order valence-electron chi connectivity index (χ3n) is 5.71. The summed E-state index contributed by atoms with van der Waals surface area (Å²) in [5, 5.41) is 16.5. The van der Waals surface area contributed by atoms with Crippen LogP contribution in [0.15, 0.2) is 0 Å². The second-order valence-corrected chi connectivity index (χ2v) is 9.07. The molecule has 0 saturated carbocycles. The van der Waals surface area contributed by atoms with E-state index in [0.29, 0.717) is 19.4 Å². The molecule has 198 valence electrons. The number of amides is 4. The lowest BCUT2D eigenvalue weighted by atomic mass is 10.00. The number of methoxy groups -OCH3 is 1. The molecule has 12 nitrogen and oxygen atoms in total. The number of ketones is 1. The molecule has 1 aliphatic rings. The van der Waals surface area contributed by atoms with Gasteiger partial charge in [0.2, 0.25) is 23.6 Å². The summed E-state index contributed by atoms with van der Waals surface area (Å²) in [6.45, 7) is 6.72. The van der Waals surface area contributed by atoms with E-state index in [2.05, 4.69) is 16.0 Å². The minimum absolute atomic E-state index is 0.180. The van der Waals surface area contributed by atoms with Crippen molar-refractivity contribution in [2.45, 2.75) is 77.2 Å². The molecule has 1 heterocycles. The Morgan fingerprint density at radius 2 is 1.66 bits per heavy atom. The van der Waals surface area contributed by atoms with Crippen LogP contribution in [0, 0.1) is 5.92 Å². The van der Waals surface area contributed by atoms with Gasteiger partial charge in [-0.05, 0) is 32.6 Å². The number of ether oxygens (including phenoxy) is 1. The minimum atomic E-state index is -1.35. The topological polar surface area (TPSA) is 171 Å². The number of likely N-dealkylation sites (tertiary alicyclic amines) is 1. The number of hydrogen-bond donors (Lipinski definition) is 4. The number of carbonyl (C=O) groups excluding carboxylic acids is 5. The van der Waals surface area contributed by atoms with Crippen molar-refractivity contribution in [2.24, 2.45) is 5.92 Å². The molecule has 1 aliphatic heterocycles. The fraction of sp³-hybridized carbons (Fsp3) is 0.727. The maximum Gasteiger partial charge on any atom is 0.333 e. The van der Waals surface area contributed by atoms with Crippen LogP contribution in [-0.4, -0.2) is 95.2 Å². The number of nitrogens with one attached hydrogen (secondary N) is 3. The van der Waals surface area contributed by atoms with Crippen LogP contribution in [0.2, 0.25) is 0 Å². The first-order valence-corrected chi connectivity index (χ1v) is 11.9. The standard InChI is InChI=1S/C22H35ClN4O8/c1-11(2)18(15(28)10-23)26-20(31)14-7-6-8-27(14)21(32)13(4)25-19(30)12(3)24-17(29)9-16(35-5)22(33)34/h11-14,16,18H,6-10H2,1-5H3,(H,24,29)(H,25,30)(H,26,31)(H,33,34)/t12-,13-,14-,16?,18-/m0/s1. The predicted octanol–water partition coefficient (Wildman–Crippen LogP) is -0.575. The molecule has 0 aromatic heterocycles. The largest absolute Gasteiger partial charge is 0.479 e. The maximum atomic E-state index is 13.0. The van der Waals surface area contributed by atoms with Crippen LogP contribution in [0.5, 0.6) is 0 Å². The zero-order valence-corrected chi connectivity index (χ0v) is 21.4. The summed E-state index contributed by atoms with van der Waals surface area (Å²) in [6, 6.07) is -3.59. The highest BCUT2D eigenvalue weighted by Crippen LogP contribution is 2.19. The Morgan fingerprint density at radius 3 is 2.17 bits per heavy atom. The van der Waals surface area contributed by atoms with Gasteiger partial charge in [0.05, 0.1) is 18.3 Å². The van der Waals surface area contributed by atoms with Gasteiger partial charge in [0.25, 0.3) is 0 Å². The Hall–Kier alpha value is -2.73. The van der Waals surface area contributed by atoms with E-state index >= 15 is 0 Å². The molecule has 1 fully saturated rings. The summed E-state index contributed by atoms with van der Waals surface area (Å²) in [5.74, 6) is -4.35. The number of halogens is 1. The van der Waals surface area contributed by atoms with Crippen LogP contribution in [0.3, 0.4) is 0 Å². The first kappa shape index (κ1) is 30.3. The number of Topliss-reactive ketones (excluding diaryl/α,β-unsaturated/α-hetero) is 1. The summed E-state index contributed by atoms with van der Waals surface area (Å²) < 4.78 is 4.69. The first-order chi connectivity index (χ1) is 16.3. The summed E-state index contributed by atoms with van der Waals surface area (Å²) in [4.78, 5) is 74.7. The fourth-order valence-corrected chi connectivity index (χ4v) is 3.88. The van der Waals surface area contributed by atoms with Gasteiger partial charge in [-0.15, -0.1) is 11.6 Å². The molecular formula is C22H35ClN4O8. The number of alkyl halides is 1. The van der Waals surface area contributed by atoms with E-state index in [1.165, 1.54) is 18.7 Å². The van der Waals surface area contributed by atoms with Crippen molar-refractivity contribution in [3.8, 4) is 0 Å². The van der Waals surface area contributed by atoms with Crippen LogP contribution in [-0.2, 0) is 33.5 Å². The van der Waals surface area contributed by atoms with Crippen molar-refractivity contribution < 1.29 is 38.6 Å². The molecule has 0 aromatic rings. The molecule has 0 aromatic carbocycles. The van der Waals surface area contributed by atoms with Crippen LogP contribution in [0.25, 0.3) is 0 Å². The molecule has 0 spiro atoms. The number of nitrogens with zero attached hydrogens (tertiary/aromatic N) is 1. The lowest BCUT2D eigenvalue weighted by Gasteiger charge is -2.29. The average molecular weight is 519 g/mol. The molecule has 0 bridgehead atoms. The summed E-state index contributed by atoms with van der Waals surface area (Å²) in [5.41, 5.74) is 0.